The molecule has 0 aliphatic carbocycles. The Hall–Kier alpha value is -1.74. The molecule has 1 heteroatoms. The molecule has 0 aliphatic rings. The summed E-state index contributed by atoms with van der Waals surface area (Å²) in [5.74, 6) is 2.14. The van der Waals surface area contributed by atoms with Crippen LogP contribution in [0.15, 0.2) is 66.7 Å². The first-order valence-electron chi connectivity index (χ1n) is 13.7. The van der Waals surface area contributed by atoms with Crippen LogP contribution in [0.4, 0.5) is 0 Å². The van der Waals surface area contributed by atoms with Crippen LogP contribution in [0, 0.1) is 17.9 Å². The summed E-state index contributed by atoms with van der Waals surface area (Å²) in [6.45, 7) is 13.9. The van der Waals surface area contributed by atoms with E-state index in [1.165, 1.54) is 59.1 Å². The van der Waals surface area contributed by atoms with Gasteiger partial charge in [0.15, 0.2) is 0 Å². The van der Waals surface area contributed by atoms with Crippen LogP contribution < -0.4 is 18.9 Å². The first-order chi connectivity index (χ1) is 16.5. The van der Waals surface area contributed by atoms with Gasteiger partial charge >= 0.3 is 18.9 Å². The summed E-state index contributed by atoms with van der Waals surface area (Å²) >= 11 is 0. The van der Waals surface area contributed by atoms with E-state index in [1.54, 1.807) is 0 Å². The van der Waals surface area contributed by atoms with Crippen LogP contribution in [0.3, 0.4) is 0 Å². The molecule has 0 amide bonds. The van der Waals surface area contributed by atoms with E-state index in [0.29, 0.717) is 23.7 Å². The third kappa shape index (κ3) is 7.87. The van der Waals surface area contributed by atoms with Gasteiger partial charge in [0, 0.05) is 0 Å². The third-order valence-corrected chi connectivity index (χ3v) is 7.90. The van der Waals surface area contributed by atoms with Gasteiger partial charge in [0.2, 0.25) is 0 Å². The topological polar surface area (TPSA) is 0 Å². The van der Waals surface area contributed by atoms with Gasteiger partial charge in [-0.25, -0.2) is 0 Å². The van der Waals surface area contributed by atoms with E-state index < -0.39 is 0 Å². The van der Waals surface area contributed by atoms with Crippen molar-refractivity contribution in [3.8, 4) is 0 Å². The second kappa shape index (κ2) is 14.7. The maximum Gasteiger partial charge on any atom is 1.00 e. The molecule has 0 radical (unpaired) electrons. The van der Waals surface area contributed by atoms with Crippen molar-refractivity contribution in [1.82, 2.24) is 0 Å². The van der Waals surface area contributed by atoms with Crippen LogP contribution in [0.2, 0.25) is 0 Å². The summed E-state index contributed by atoms with van der Waals surface area (Å²) in [5, 5.41) is 0. The SMILES string of the molecule is CCc1ccc(C(CC(C)CC)c2[c-]cccc2C(CC(C)CC)c2ccc(CC)cc2)cc1.[Li+]. The normalized spacial score (nSPS) is 14.6. The van der Waals surface area contributed by atoms with Crippen molar-refractivity contribution in [2.24, 2.45) is 11.8 Å². The summed E-state index contributed by atoms with van der Waals surface area (Å²) in [4.78, 5) is 0. The molecule has 4 unspecified atom stereocenters. The molecule has 0 aromatic heterocycles. The molecule has 0 N–H and O–H groups in total. The van der Waals surface area contributed by atoms with E-state index in [2.05, 4.69) is 114 Å². The first kappa shape index (κ1) is 29.5. The minimum atomic E-state index is 0. The molecule has 182 valence electrons. The molecule has 3 rings (SSSR count). The largest absolute Gasteiger partial charge is 1.00 e. The van der Waals surface area contributed by atoms with Crippen molar-refractivity contribution in [1.29, 1.82) is 0 Å². The average molecular weight is 461 g/mol. The Balaban J connectivity index is 0.00000432. The zero-order chi connectivity index (χ0) is 24.5. The molecule has 0 fully saturated rings. The van der Waals surface area contributed by atoms with Crippen molar-refractivity contribution in [2.45, 2.75) is 91.9 Å². The summed E-state index contributed by atoms with van der Waals surface area (Å²) in [7, 11) is 0. The molecule has 0 aliphatic heterocycles. The Morgan fingerprint density at radius 1 is 0.629 bits per heavy atom. The van der Waals surface area contributed by atoms with Crippen molar-refractivity contribution in [2.75, 3.05) is 0 Å². The van der Waals surface area contributed by atoms with Crippen molar-refractivity contribution >= 4 is 0 Å². The van der Waals surface area contributed by atoms with Crippen LogP contribution >= 0.6 is 0 Å². The van der Waals surface area contributed by atoms with Crippen LogP contribution in [-0.4, -0.2) is 0 Å². The minimum Gasteiger partial charge on any atom is -0.179 e. The van der Waals surface area contributed by atoms with Gasteiger partial charge in [0.25, 0.3) is 0 Å². The molecule has 35 heavy (non-hydrogen) atoms. The van der Waals surface area contributed by atoms with Gasteiger partial charge in [-0.2, -0.15) is 29.8 Å². The fourth-order valence-electron chi connectivity index (χ4n) is 5.04. The third-order valence-electron chi connectivity index (χ3n) is 7.90. The van der Waals surface area contributed by atoms with Gasteiger partial charge < -0.3 is 0 Å². The number of benzene rings is 3. The zero-order valence-electron chi connectivity index (χ0n) is 23.4. The van der Waals surface area contributed by atoms with Crippen molar-refractivity contribution in [3.63, 3.8) is 0 Å². The number of aryl methyl sites for hydroxylation is 2. The van der Waals surface area contributed by atoms with Gasteiger partial charge in [-0.15, -0.1) is 5.56 Å². The summed E-state index contributed by atoms with van der Waals surface area (Å²) < 4.78 is 0. The Morgan fingerprint density at radius 2 is 1.09 bits per heavy atom. The monoisotopic (exact) mass is 460 g/mol. The molecule has 3 aromatic carbocycles. The smallest absolute Gasteiger partial charge is 0.179 e. The van der Waals surface area contributed by atoms with Crippen LogP contribution in [-0.2, 0) is 12.8 Å². The molecule has 0 spiro atoms. The maximum absolute atomic E-state index is 3.76. The summed E-state index contributed by atoms with van der Waals surface area (Å²) in [6, 6.07) is 29.3. The van der Waals surface area contributed by atoms with Crippen LogP contribution in [0.5, 0.6) is 0 Å². The van der Waals surface area contributed by atoms with Crippen molar-refractivity contribution < 1.29 is 18.9 Å². The van der Waals surface area contributed by atoms with E-state index in [9.17, 15) is 0 Å². The molecular formula is C34H45Li. The average Bonchev–Trinajstić information content (AvgIpc) is 2.90. The molecular weight excluding hydrogens is 415 g/mol. The molecule has 0 nitrogen and oxygen atoms in total. The molecule has 0 bridgehead atoms. The molecule has 3 aromatic rings. The van der Waals surface area contributed by atoms with Crippen molar-refractivity contribution in [3.05, 3.63) is 106 Å². The Labute approximate surface area is 228 Å². The molecule has 0 saturated carbocycles. The number of hydrogen-bond acceptors (Lipinski definition) is 0. The van der Waals surface area contributed by atoms with E-state index in [1.807, 2.05) is 0 Å². The number of hydrogen-bond donors (Lipinski definition) is 0. The molecule has 0 saturated heterocycles. The number of rotatable bonds is 12. The van der Waals surface area contributed by atoms with E-state index >= 15 is 0 Å². The van der Waals surface area contributed by atoms with Gasteiger partial charge in [-0.05, 0) is 59.6 Å². The van der Waals surface area contributed by atoms with Gasteiger partial charge in [-0.1, -0.05) is 115 Å². The van der Waals surface area contributed by atoms with E-state index in [-0.39, 0.29) is 18.9 Å². The minimum absolute atomic E-state index is 0. The summed E-state index contributed by atoms with van der Waals surface area (Å²) in [6.07, 6.45) is 6.94. The van der Waals surface area contributed by atoms with Gasteiger partial charge in [0.1, 0.15) is 0 Å². The predicted octanol–water partition coefficient (Wildman–Crippen LogP) is 6.75. The maximum atomic E-state index is 3.76. The van der Waals surface area contributed by atoms with Crippen LogP contribution in [0.25, 0.3) is 0 Å². The molecule has 4 atom stereocenters. The standard InChI is InChI=1S/C34H45.Li/c1-7-25(5)23-33(29-19-15-27(9-3)16-20-29)31-13-11-12-14-32(31)34(24-26(6)8-2)30-21-17-28(10-4)18-22-30;/h11-13,15-22,25-26,33-34H,7-10,23-24H2,1-6H3;/q-1;+1. The van der Waals surface area contributed by atoms with E-state index in [4.69, 9.17) is 0 Å². The fraction of sp³-hybridized carbons (Fsp3) is 0.471. The fourth-order valence-corrected chi connectivity index (χ4v) is 5.04. The van der Waals surface area contributed by atoms with Gasteiger partial charge in [0.05, 0.1) is 0 Å². The quantitative estimate of drug-likeness (QED) is 0.207. The molecule has 0 heterocycles. The summed E-state index contributed by atoms with van der Waals surface area (Å²) in [5.41, 5.74) is 8.58. The Morgan fingerprint density at radius 3 is 1.54 bits per heavy atom. The van der Waals surface area contributed by atoms with E-state index in [0.717, 1.165) is 12.8 Å². The van der Waals surface area contributed by atoms with Crippen LogP contribution in [0.1, 0.15) is 112 Å². The van der Waals surface area contributed by atoms with Gasteiger partial charge in [-0.3, -0.25) is 0 Å². The first-order valence-corrected chi connectivity index (χ1v) is 13.7. The second-order valence-corrected chi connectivity index (χ2v) is 10.3. The Bertz CT molecular complexity index is 903. The predicted molar refractivity (Wildman–Crippen MR) is 149 cm³/mol. The second-order valence-electron chi connectivity index (χ2n) is 10.3. The zero-order valence-corrected chi connectivity index (χ0v) is 23.4. The Kier molecular flexibility index (Phi) is 12.4.